The largest absolute Gasteiger partial charge is 0.368 e. The Labute approximate surface area is 296 Å². The van der Waals surface area contributed by atoms with E-state index in [-0.39, 0.29) is 5.91 Å². The van der Waals surface area contributed by atoms with Crippen molar-refractivity contribution >= 4 is 35.1 Å². The van der Waals surface area contributed by atoms with Crippen molar-refractivity contribution in [2.45, 2.75) is 26.4 Å². The van der Waals surface area contributed by atoms with Gasteiger partial charge in [-0.2, -0.15) is 34.5 Å². The average molecular weight is 689 g/mol. The molecule has 2 saturated heterocycles. The van der Waals surface area contributed by atoms with Crippen molar-refractivity contribution in [1.82, 2.24) is 20.3 Å². The van der Waals surface area contributed by atoms with Crippen LogP contribution in [0.1, 0.15) is 45.2 Å². The average Bonchev–Trinajstić information content (AvgIpc) is 3.18. The normalized spacial score (nSPS) is 17.5. The minimum absolute atomic E-state index is 0.227. The lowest BCUT2D eigenvalue weighted by atomic mass is 10.1. The first-order valence-corrected chi connectivity index (χ1v) is 16.9. The Kier molecular flexibility index (Phi) is 10.6. The van der Waals surface area contributed by atoms with E-state index in [1.54, 1.807) is 24.3 Å². The highest BCUT2D eigenvalue weighted by molar-refractivity contribution is 5.94. The van der Waals surface area contributed by atoms with Crippen molar-refractivity contribution in [3.63, 3.8) is 0 Å². The third kappa shape index (κ3) is 8.77. The number of aryl methyl sites for hydroxylation is 2. The van der Waals surface area contributed by atoms with Crippen LogP contribution >= 0.6 is 0 Å². The highest BCUT2D eigenvalue weighted by Gasteiger charge is 2.28. The molecule has 1 aromatic heterocycles. The number of benzene rings is 4. The van der Waals surface area contributed by atoms with Gasteiger partial charge in [0.1, 0.15) is 0 Å². The molecule has 0 radical (unpaired) electrons. The molecule has 0 spiro atoms. The molecule has 0 bridgehead atoms. The van der Waals surface area contributed by atoms with Gasteiger partial charge >= 0.3 is 0 Å². The molecular formula is C38H40N8O5. The first-order chi connectivity index (χ1) is 25.0. The number of hydrogen-bond donors (Lipinski definition) is 3. The van der Waals surface area contributed by atoms with Crippen LogP contribution in [-0.4, -0.2) is 60.1 Å². The van der Waals surface area contributed by atoms with Crippen molar-refractivity contribution in [1.29, 1.82) is 0 Å². The molecule has 2 aliphatic rings. The zero-order chi connectivity index (χ0) is 35.0. The molecule has 1 amide bonds. The molecule has 2 aliphatic heterocycles. The standard InChI is InChI=1S/C38H40N8O5/c1-26-8-12-29(13-9-26)34-48-50-35(51-49-34)30-16-14-28(15-17-30)33(47)39-20-21-40-36-42-37(41-31-18-10-27(2)11-19-31)44-38(43-36)46-24-22-45(23-25-46)32-6-4-3-5-7-32/h3-19,34-35H,20-25H2,1-2H3,(H,39,47)(H2,40,41,42,43,44). The van der Waals surface area contributed by atoms with Crippen LogP contribution in [0, 0.1) is 13.8 Å². The van der Waals surface area contributed by atoms with Gasteiger partial charge in [-0.1, -0.05) is 77.9 Å². The fourth-order valence-electron chi connectivity index (χ4n) is 5.63. The molecule has 5 aromatic rings. The van der Waals surface area contributed by atoms with E-state index >= 15 is 0 Å². The fourth-order valence-corrected chi connectivity index (χ4v) is 5.63. The Hall–Kier alpha value is -5.60. The van der Waals surface area contributed by atoms with Gasteiger partial charge in [0, 0.05) is 67.3 Å². The van der Waals surface area contributed by atoms with Crippen LogP contribution in [-0.2, 0) is 19.6 Å². The summed E-state index contributed by atoms with van der Waals surface area (Å²) in [5, 5.41) is 9.51. The van der Waals surface area contributed by atoms with Gasteiger partial charge in [0.25, 0.3) is 5.91 Å². The maximum Gasteiger partial charge on any atom is 0.251 e. The number of para-hydroxylation sites is 1. The molecule has 262 valence electrons. The van der Waals surface area contributed by atoms with Crippen molar-refractivity contribution in [3.8, 4) is 0 Å². The van der Waals surface area contributed by atoms with E-state index in [4.69, 9.17) is 29.5 Å². The molecule has 0 aliphatic carbocycles. The number of anilines is 5. The quantitative estimate of drug-likeness (QED) is 0.111. The third-order valence-electron chi connectivity index (χ3n) is 8.56. The van der Waals surface area contributed by atoms with Gasteiger partial charge in [0.15, 0.2) is 0 Å². The number of carbonyl (C=O) groups excluding carboxylic acids is 1. The number of carbonyl (C=O) groups is 1. The van der Waals surface area contributed by atoms with E-state index in [0.29, 0.717) is 42.1 Å². The maximum atomic E-state index is 12.9. The summed E-state index contributed by atoms with van der Waals surface area (Å²) in [6, 6.07) is 33.0. The van der Waals surface area contributed by atoms with Gasteiger partial charge in [-0.25, -0.2) is 0 Å². The van der Waals surface area contributed by atoms with Crippen LogP contribution in [0.5, 0.6) is 0 Å². The Balaban J connectivity index is 0.927. The van der Waals surface area contributed by atoms with Crippen molar-refractivity contribution < 1.29 is 24.3 Å². The number of hydrogen-bond acceptors (Lipinski definition) is 12. The molecular weight excluding hydrogens is 648 g/mol. The van der Waals surface area contributed by atoms with Crippen LogP contribution in [0.25, 0.3) is 0 Å². The number of nitrogens with one attached hydrogen (secondary N) is 3. The SMILES string of the molecule is Cc1ccc(Nc2nc(NCCNC(=O)c3ccc(C4OOC(c5ccc(C)cc5)OO4)cc3)nc(N3CCN(c4ccccc4)CC3)n2)cc1. The number of aromatic nitrogens is 3. The van der Waals surface area contributed by atoms with Gasteiger partial charge in [-0.15, -0.1) is 0 Å². The fraction of sp³-hybridized carbons (Fsp3) is 0.263. The molecule has 13 heteroatoms. The Morgan fingerprint density at radius 1 is 0.647 bits per heavy atom. The van der Waals surface area contributed by atoms with Crippen LogP contribution in [0.3, 0.4) is 0 Å². The lowest BCUT2D eigenvalue weighted by Crippen LogP contribution is -2.47. The molecule has 51 heavy (non-hydrogen) atoms. The van der Waals surface area contributed by atoms with E-state index < -0.39 is 12.6 Å². The zero-order valence-corrected chi connectivity index (χ0v) is 28.5. The molecule has 13 nitrogen and oxygen atoms in total. The van der Waals surface area contributed by atoms with Gasteiger partial charge in [-0.3, -0.25) is 4.79 Å². The smallest absolute Gasteiger partial charge is 0.251 e. The molecule has 4 aromatic carbocycles. The van der Waals surface area contributed by atoms with Crippen molar-refractivity contribution in [3.05, 3.63) is 131 Å². The monoisotopic (exact) mass is 688 g/mol. The number of nitrogens with zero attached hydrogens (tertiary/aromatic N) is 5. The van der Waals surface area contributed by atoms with Gasteiger partial charge in [0.2, 0.25) is 30.4 Å². The second-order valence-corrected chi connectivity index (χ2v) is 12.3. The van der Waals surface area contributed by atoms with Gasteiger partial charge in [-0.05, 0) is 50.2 Å². The summed E-state index contributed by atoms with van der Waals surface area (Å²) >= 11 is 0. The second-order valence-electron chi connectivity index (χ2n) is 12.3. The Morgan fingerprint density at radius 3 is 1.82 bits per heavy atom. The molecule has 0 unspecified atom stereocenters. The summed E-state index contributed by atoms with van der Waals surface area (Å²) < 4.78 is 0. The van der Waals surface area contributed by atoms with Crippen LogP contribution in [0.2, 0.25) is 0 Å². The second kappa shape index (κ2) is 16.0. The summed E-state index contributed by atoms with van der Waals surface area (Å²) in [4.78, 5) is 53.2. The number of piperazine rings is 1. The van der Waals surface area contributed by atoms with Crippen LogP contribution < -0.4 is 25.8 Å². The highest BCUT2D eigenvalue weighted by atomic mass is 17.4. The van der Waals surface area contributed by atoms with E-state index in [1.807, 2.05) is 68.4 Å². The molecule has 2 fully saturated rings. The maximum absolute atomic E-state index is 12.9. The third-order valence-corrected chi connectivity index (χ3v) is 8.56. The molecule has 0 saturated carbocycles. The van der Waals surface area contributed by atoms with Crippen LogP contribution in [0.4, 0.5) is 29.2 Å². The lowest BCUT2D eigenvalue weighted by molar-refractivity contribution is -0.600. The van der Waals surface area contributed by atoms with Gasteiger partial charge in [0.05, 0.1) is 0 Å². The zero-order valence-electron chi connectivity index (χ0n) is 28.5. The molecule has 0 atom stereocenters. The predicted octanol–water partition coefficient (Wildman–Crippen LogP) is 6.01. The van der Waals surface area contributed by atoms with Gasteiger partial charge < -0.3 is 25.8 Å². The minimum Gasteiger partial charge on any atom is -0.368 e. The van der Waals surface area contributed by atoms with Crippen molar-refractivity contribution in [2.75, 3.05) is 59.7 Å². The predicted molar refractivity (Wildman–Crippen MR) is 193 cm³/mol. The van der Waals surface area contributed by atoms with Crippen molar-refractivity contribution in [2.24, 2.45) is 0 Å². The van der Waals surface area contributed by atoms with E-state index in [9.17, 15) is 4.79 Å². The molecule has 3 N–H and O–H groups in total. The number of amides is 1. The summed E-state index contributed by atoms with van der Waals surface area (Å²) in [5.74, 6) is 1.22. The number of rotatable bonds is 11. The Morgan fingerprint density at radius 2 is 1.20 bits per heavy atom. The molecule has 7 rings (SSSR count). The topological polar surface area (TPSA) is 135 Å². The summed E-state index contributed by atoms with van der Waals surface area (Å²) in [6.07, 6.45) is -1.69. The minimum atomic E-state index is -0.892. The summed E-state index contributed by atoms with van der Waals surface area (Å²) in [5.41, 5.74) is 6.26. The molecule has 3 heterocycles. The van der Waals surface area contributed by atoms with E-state index in [1.165, 1.54) is 5.69 Å². The van der Waals surface area contributed by atoms with Crippen LogP contribution in [0.15, 0.2) is 103 Å². The van der Waals surface area contributed by atoms with E-state index in [0.717, 1.165) is 48.6 Å². The van der Waals surface area contributed by atoms with E-state index in [2.05, 4.69) is 55.0 Å². The first-order valence-electron chi connectivity index (χ1n) is 16.9. The highest BCUT2D eigenvalue weighted by Crippen LogP contribution is 2.32. The lowest BCUT2D eigenvalue weighted by Gasteiger charge is -2.36. The Bertz CT molecular complexity index is 1880. The summed E-state index contributed by atoms with van der Waals surface area (Å²) in [7, 11) is 0. The first kappa shape index (κ1) is 33.9. The summed E-state index contributed by atoms with van der Waals surface area (Å²) in [6.45, 7) is 8.03.